The van der Waals surface area contributed by atoms with Crippen LogP contribution in [0.15, 0.2) is 12.2 Å². The molecule has 0 aliphatic carbocycles. The molecule has 0 radical (unpaired) electrons. The second-order valence-electron chi connectivity index (χ2n) is 3.14. The van der Waals surface area contributed by atoms with Gasteiger partial charge in [-0.05, 0) is 19.8 Å². The summed E-state index contributed by atoms with van der Waals surface area (Å²) in [6, 6.07) is 0.0350. The molecular weight excluding hydrogens is 186 g/mol. The van der Waals surface area contributed by atoms with Crippen molar-refractivity contribution in [1.29, 1.82) is 0 Å². The van der Waals surface area contributed by atoms with Gasteiger partial charge in [-0.25, -0.2) is 0 Å². The Kier molecular flexibility index (Phi) is 5.55. The van der Waals surface area contributed by atoms with Crippen LogP contribution in [0, 0.1) is 5.92 Å². The van der Waals surface area contributed by atoms with Crippen molar-refractivity contribution in [1.82, 2.24) is 0 Å². The first kappa shape index (κ1) is 12.6. The lowest BCUT2D eigenvalue weighted by Gasteiger charge is -2.02. The predicted molar refractivity (Wildman–Crippen MR) is 50.8 cm³/mol. The molecule has 0 aliphatic rings. The van der Waals surface area contributed by atoms with Gasteiger partial charge in [-0.1, -0.05) is 12.2 Å². The van der Waals surface area contributed by atoms with E-state index >= 15 is 0 Å². The number of nitrogens with two attached hydrogens (primary N) is 1. The van der Waals surface area contributed by atoms with E-state index in [1.54, 1.807) is 0 Å². The van der Waals surface area contributed by atoms with Crippen LogP contribution in [-0.2, 0) is 9.59 Å². The number of carboxylic acid groups (broad SMARTS) is 2. The summed E-state index contributed by atoms with van der Waals surface area (Å²) < 4.78 is 0. The molecule has 14 heavy (non-hydrogen) atoms. The Balaban J connectivity index is 4.04. The molecule has 0 saturated carbocycles. The maximum Gasteiger partial charge on any atom is 0.321 e. The van der Waals surface area contributed by atoms with Gasteiger partial charge in [-0.3, -0.25) is 9.59 Å². The number of hydrogen-bond acceptors (Lipinski definition) is 3. The molecule has 0 fully saturated rings. The van der Waals surface area contributed by atoms with E-state index in [1.165, 1.54) is 12.2 Å². The van der Waals surface area contributed by atoms with Crippen molar-refractivity contribution in [2.75, 3.05) is 0 Å². The van der Waals surface area contributed by atoms with Gasteiger partial charge in [0.15, 0.2) is 5.92 Å². The van der Waals surface area contributed by atoms with Crippen LogP contribution >= 0.6 is 0 Å². The van der Waals surface area contributed by atoms with Crippen molar-refractivity contribution < 1.29 is 19.8 Å². The summed E-state index contributed by atoms with van der Waals surface area (Å²) in [5.41, 5.74) is 5.46. The van der Waals surface area contributed by atoms with Gasteiger partial charge in [-0.15, -0.1) is 0 Å². The maximum absolute atomic E-state index is 10.4. The minimum Gasteiger partial charge on any atom is -0.480 e. The van der Waals surface area contributed by atoms with Crippen LogP contribution < -0.4 is 5.73 Å². The van der Waals surface area contributed by atoms with Crippen molar-refractivity contribution >= 4 is 11.9 Å². The summed E-state index contributed by atoms with van der Waals surface area (Å²) in [5, 5.41) is 17.0. The number of hydrogen-bond donors (Lipinski definition) is 3. The summed E-state index contributed by atoms with van der Waals surface area (Å²) in [5.74, 6) is -4.16. The zero-order valence-electron chi connectivity index (χ0n) is 8.01. The van der Waals surface area contributed by atoms with E-state index in [1.807, 2.05) is 6.92 Å². The van der Waals surface area contributed by atoms with Crippen LogP contribution in [0.1, 0.15) is 19.8 Å². The fourth-order valence-electron chi connectivity index (χ4n) is 0.862. The second-order valence-corrected chi connectivity index (χ2v) is 3.14. The minimum absolute atomic E-state index is 0.0350. The summed E-state index contributed by atoms with van der Waals surface area (Å²) in [6.45, 7) is 1.83. The van der Waals surface area contributed by atoms with E-state index in [4.69, 9.17) is 15.9 Å². The molecule has 0 bridgehead atoms. The standard InChI is InChI=1S/C9H15NO4/c1-6(10)4-2-3-5-7(8(11)12)9(13)14/h3,5-7H,2,4,10H2,1H3,(H,11,12)(H,13,14). The molecule has 0 aromatic rings. The molecule has 0 spiro atoms. The molecule has 80 valence electrons. The van der Waals surface area contributed by atoms with E-state index < -0.39 is 17.9 Å². The van der Waals surface area contributed by atoms with Gasteiger partial charge < -0.3 is 15.9 Å². The van der Waals surface area contributed by atoms with E-state index in [9.17, 15) is 9.59 Å². The van der Waals surface area contributed by atoms with Gasteiger partial charge in [0.2, 0.25) is 0 Å². The molecule has 0 aromatic heterocycles. The average molecular weight is 201 g/mol. The van der Waals surface area contributed by atoms with Crippen LogP contribution in [-0.4, -0.2) is 28.2 Å². The summed E-state index contributed by atoms with van der Waals surface area (Å²) >= 11 is 0. The Morgan fingerprint density at radius 1 is 1.36 bits per heavy atom. The summed E-state index contributed by atoms with van der Waals surface area (Å²) in [4.78, 5) is 20.8. The molecule has 5 nitrogen and oxygen atoms in total. The first-order valence-corrected chi connectivity index (χ1v) is 4.33. The highest BCUT2D eigenvalue weighted by molar-refractivity contribution is 5.94. The van der Waals surface area contributed by atoms with Gasteiger partial charge in [0.05, 0.1) is 0 Å². The molecule has 1 unspecified atom stereocenters. The molecule has 0 aliphatic heterocycles. The van der Waals surface area contributed by atoms with Gasteiger partial charge >= 0.3 is 11.9 Å². The van der Waals surface area contributed by atoms with E-state index in [0.29, 0.717) is 12.8 Å². The second kappa shape index (κ2) is 6.15. The Hall–Kier alpha value is -1.36. The average Bonchev–Trinajstić information content (AvgIpc) is 2.01. The van der Waals surface area contributed by atoms with Crippen LogP contribution in [0.4, 0.5) is 0 Å². The van der Waals surface area contributed by atoms with Crippen LogP contribution in [0.2, 0.25) is 0 Å². The maximum atomic E-state index is 10.4. The molecular formula is C9H15NO4. The predicted octanol–water partition coefficient (Wildman–Crippen LogP) is 0.455. The fourth-order valence-corrected chi connectivity index (χ4v) is 0.862. The number of aliphatic carboxylic acids is 2. The highest BCUT2D eigenvalue weighted by atomic mass is 16.4. The Morgan fingerprint density at radius 3 is 2.21 bits per heavy atom. The highest BCUT2D eigenvalue weighted by Crippen LogP contribution is 2.02. The van der Waals surface area contributed by atoms with Gasteiger partial charge in [-0.2, -0.15) is 0 Å². The molecule has 0 amide bonds. The molecule has 1 atom stereocenters. The zero-order valence-corrected chi connectivity index (χ0v) is 8.01. The first-order valence-electron chi connectivity index (χ1n) is 4.33. The third-order valence-electron chi connectivity index (χ3n) is 1.65. The van der Waals surface area contributed by atoms with Gasteiger partial charge in [0.1, 0.15) is 0 Å². The first-order chi connectivity index (χ1) is 6.45. The monoisotopic (exact) mass is 201 g/mol. The van der Waals surface area contributed by atoms with Crippen molar-refractivity contribution in [3.63, 3.8) is 0 Å². The lowest BCUT2D eigenvalue weighted by Crippen LogP contribution is -2.21. The molecule has 0 saturated heterocycles. The van der Waals surface area contributed by atoms with Gasteiger partial charge in [0.25, 0.3) is 0 Å². The number of carboxylic acids is 2. The Labute approximate surface area is 82.2 Å². The van der Waals surface area contributed by atoms with Gasteiger partial charge in [0, 0.05) is 6.04 Å². The minimum atomic E-state index is -1.46. The quantitative estimate of drug-likeness (QED) is 0.428. The van der Waals surface area contributed by atoms with E-state index in [-0.39, 0.29) is 6.04 Å². The normalized spacial score (nSPS) is 13.4. The molecule has 0 rings (SSSR count). The third-order valence-corrected chi connectivity index (χ3v) is 1.65. The Morgan fingerprint density at radius 2 is 1.86 bits per heavy atom. The van der Waals surface area contributed by atoms with Crippen molar-refractivity contribution in [3.05, 3.63) is 12.2 Å². The number of allylic oxidation sites excluding steroid dienone is 1. The molecule has 4 N–H and O–H groups in total. The zero-order chi connectivity index (χ0) is 11.1. The van der Waals surface area contributed by atoms with Crippen molar-refractivity contribution in [3.8, 4) is 0 Å². The van der Waals surface area contributed by atoms with Crippen LogP contribution in [0.25, 0.3) is 0 Å². The Bertz CT molecular complexity index is 221. The lowest BCUT2D eigenvalue weighted by molar-refractivity contribution is -0.151. The van der Waals surface area contributed by atoms with Crippen molar-refractivity contribution in [2.24, 2.45) is 11.7 Å². The molecule has 0 aromatic carbocycles. The van der Waals surface area contributed by atoms with Crippen molar-refractivity contribution in [2.45, 2.75) is 25.8 Å². The van der Waals surface area contributed by atoms with Crippen LogP contribution in [0.5, 0.6) is 0 Å². The van der Waals surface area contributed by atoms with E-state index in [2.05, 4.69) is 0 Å². The highest BCUT2D eigenvalue weighted by Gasteiger charge is 2.21. The SMILES string of the molecule is CC(N)CCC=CC(C(=O)O)C(=O)O. The molecule has 5 heteroatoms. The number of rotatable bonds is 6. The number of carbonyl (C=O) groups is 2. The third kappa shape index (κ3) is 5.31. The smallest absolute Gasteiger partial charge is 0.321 e. The van der Waals surface area contributed by atoms with Crippen LogP contribution in [0.3, 0.4) is 0 Å². The van der Waals surface area contributed by atoms with E-state index in [0.717, 1.165) is 0 Å². The summed E-state index contributed by atoms with van der Waals surface area (Å²) in [7, 11) is 0. The lowest BCUT2D eigenvalue weighted by atomic mass is 10.1. The fraction of sp³-hybridized carbons (Fsp3) is 0.556. The molecule has 0 heterocycles. The topological polar surface area (TPSA) is 101 Å². The summed E-state index contributed by atoms with van der Waals surface area (Å²) in [6.07, 6.45) is 4.01. The largest absolute Gasteiger partial charge is 0.480 e.